The topological polar surface area (TPSA) is 99.2 Å². The van der Waals surface area contributed by atoms with Gasteiger partial charge in [-0.05, 0) is 31.5 Å². The fraction of sp³-hybridized carbons (Fsp3) is 0.286. The minimum atomic E-state index is -0.382. The Balaban J connectivity index is 1.68. The van der Waals surface area contributed by atoms with Gasteiger partial charge < -0.3 is 9.80 Å². The van der Waals surface area contributed by atoms with Crippen molar-refractivity contribution >= 4 is 28.1 Å². The van der Waals surface area contributed by atoms with Gasteiger partial charge in [-0.3, -0.25) is 10.1 Å². The monoisotopic (exact) mass is 388 g/mol. The third-order valence-electron chi connectivity index (χ3n) is 5.16. The first kappa shape index (κ1) is 18.6. The van der Waals surface area contributed by atoms with Gasteiger partial charge in [-0.1, -0.05) is 12.1 Å². The Kier molecular flexibility index (Phi) is 4.96. The van der Waals surface area contributed by atoms with Gasteiger partial charge >= 0.3 is 0 Å². The molecule has 8 heteroatoms. The first-order valence-electron chi connectivity index (χ1n) is 9.48. The van der Waals surface area contributed by atoms with Crippen molar-refractivity contribution in [1.82, 2.24) is 9.97 Å². The molecule has 2 aromatic heterocycles. The molecule has 0 bridgehead atoms. The normalized spacial score (nSPS) is 14.5. The van der Waals surface area contributed by atoms with Crippen LogP contribution < -0.4 is 9.80 Å². The molecular weight excluding hydrogens is 368 g/mol. The number of fused-ring (bicyclic) bond motifs is 1. The van der Waals surface area contributed by atoms with E-state index in [-0.39, 0.29) is 10.6 Å². The van der Waals surface area contributed by atoms with Crippen LogP contribution in [0.4, 0.5) is 17.2 Å². The lowest BCUT2D eigenvalue weighted by Gasteiger charge is -2.25. The molecule has 29 heavy (non-hydrogen) atoms. The molecule has 1 saturated heterocycles. The Labute approximate surface area is 168 Å². The number of nitro benzene ring substituents is 1. The predicted molar refractivity (Wildman–Crippen MR) is 111 cm³/mol. The van der Waals surface area contributed by atoms with Gasteiger partial charge in [-0.25, -0.2) is 9.97 Å². The molecule has 0 atom stereocenters. The van der Waals surface area contributed by atoms with Crippen LogP contribution in [0, 0.1) is 28.4 Å². The van der Waals surface area contributed by atoms with E-state index < -0.39 is 0 Å². The lowest BCUT2D eigenvalue weighted by Crippen LogP contribution is -2.31. The highest BCUT2D eigenvalue weighted by molar-refractivity contribution is 5.97. The van der Waals surface area contributed by atoms with Crippen LogP contribution in [-0.2, 0) is 0 Å². The molecule has 0 aliphatic carbocycles. The summed E-state index contributed by atoms with van der Waals surface area (Å²) in [6.07, 6.45) is 2.59. The summed E-state index contributed by atoms with van der Waals surface area (Å²) in [6, 6.07) is 12.8. The third kappa shape index (κ3) is 3.55. The smallest absolute Gasteiger partial charge is 0.295 e. The highest BCUT2D eigenvalue weighted by atomic mass is 16.6. The van der Waals surface area contributed by atoms with E-state index in [0.29, 0.717) is 23.4 Å². The molecule has 4 rings (SSSR count). The number of benzene rings is 1. The summed E-state index contributed by atoms with van der Waals surface area (Å²) in [5.41, 5.74) is 2.72. The number of hydrogen-bond donors (Lipinski definition) is 0. The molecule has 3 aromatic rings. The largest absolute Gasteiger partial charge is 0.369 e. The number of pyridine rings is 2. The summed E-state index contributed by atoms with van der Waals surface area (Å²) < 4.78 is 0. The summed E-state index contributed by atoms with van der Waals surface area (Å²) in [5, 5.41) is 21.6. The van der Waals surface area contributed by atoms with Gasteiger partial charge in [-0.15, -0.1) is 0 Å². The Morgan fingerprint density at radius 2 is 1.93 bits per heavy atom. The zero-order valence-corrected chi connectivity index (χ0v) is 16.1. The summed E-state index contributed by atoms with van der Waals surface area (Å²) in [7, 11) is 0. The van der Waals surface area contributed by atoms with Gasteiger partial charge in [-0.2, -0.15) is 5.26 Å². The van der Waals surface area contributed by atoms with Crippen LogP contribution in [-0.4, -0.2) is 41.1 Å². The van der Waals surface area contributed by atoms with Crippen molar-refractivity contribution in [2.24, 2.45) is 0 Å². The Morgan fingerprint density at radius 3 is 2.72 bits per heavy atom. The standard InChI is InChI=1S/C21H20N6O2/c1-15-13-19(17-6-2-7-18(27(28)29)20(17)24-15)25-9-4-10-26(12-11-25)21-16(14-22)5-3-8-23-21/h2-3,5-8,13H,4,9-12H2,1H3. The van der Waals surface area contributed by atoms with E-state index in [1.54, 1.807) is 24.4 Å². The molecular formula is C21H20N6O2. The van der Waals surface area contributed by atoms with Crippen molar-refractivity contribution in [3.05, 3.63) is 64.0 Å². The van der Waals surface area contributed by atoms with Crippen LogP contribution >= 0.6 is 0 Å². The molecule has 8 nitrogen and oxygen atoms in total. The van der Waals surface area contributed by atoms with Crippen LogP contribution in [0.2, 0.25) is 0 Å². The van der Waals surface area contributed by atoms with Gasteiger partial charge in [0.15, 0.2) is 5.52 Å². The number of para-hydroxylation sites is 1. The number of nitriles is 1. The molecule has 0 radical (unpaired) electrons. The molecule has 0 saturated carbocycles. The third-order valence-corrected chi connectivity index (χ3v) is 5.16. The maximum atomic E-state index is 11.4. The van der Waals surface area contributed by atoms with E-state index in [2.05, 4.69) is 25.8 Å². The second-order valence-electron chi connectivity index (χ2n) is 7.03. The first-order valence-corrected chi connectivity index (χ1v) is 9.48. The Morgan fingerprint density at radius 1 is 1.14 bits per heavy atom. The van der Waals surface area contributed by atoms with Crippen molar-refractivity contribution in [3.63, 3.8) is 0 Å². The molecule has 1 aromatic carbocycles. The number of anilines is 2. The highest BCUT2D eigenvalue weighted by Crippen LogP contribution is 2.33. The number of aromatic nitrogens is 2. The quantitative estimate of drug-likeness (QED) is 0.500. The number of non-ortho nitro benzene ring substituents is 1. The minimum Gasteiger partial charge on any atom is -0.369 e. The maximum Gasteiger partial charge on any atom is 0.295 e. The van der Waals surface area contributed by atoms with Crippen LogP contribution in [0.15, 0.2) is 42.6 Å². The summed E-state index contributed by atoms with van der Waals surface area (Å²) in [4.78, 5) is 24.3. The van der Waals surface area contributed by atoms with Gasteiger partial charge in [0.1, 0.15) is 11.9 Å². The summed E-state index contributed by atoms with van der Waals surface area (Å²) in [6.45, 7) is 4.90. The van der Waals surface area contributed by atoms with Crippen molar-refractivity contribution in [2.45, 2.75) is 13.3 Å². The number of nitrogens with zero attached hydrogens (tertiary/aromatic N) is 6. The fourth-order valence-corrected chi connectivity index (χ4v) is 3.86. The van der Waals surface area contributed by atoms with Crippen molar-refractivity contribution in [1.29, 1.82) is 5.26 Å². The zero-order chi connectivity index (χ0) is 20.4. The average molecular weight is 388 g/mol. The van der Waals surface area contributed by atoms with E-state index in [1.165, 1.54) is 6.07 Å². The Bertz CT molecular complexity index is 1120. The van der Waals surface area contributed by atoms with Crippen LogP contribution in [0.1, 0.15) is 17.7 Å². The van der Waals surface area contributed by atoms with Crippen LogP contribution in [0.3, 0.4) is 0 Å². The molecule has 0 amide bonds. The van der Waals surface area contributed by atoms with Crippen molar-refractivity contribution in [3.8, 4) is 6.07 Å². The van der Waals surface area contributed by atoms with Gasteiger partial charge in [0.2, 0.25) is 0 Å². The SMILES string of the molecule is Cc1cc(N2CCCN(c3ncccc3C#N)CC2)c2cccc([N+](=O)[O-])c2n1. The molecule has 0 spiro atoms. The van der Waals surface area contributed by atoms with Crippen LogP contribution in [0.25, 0.3) is 10.9 Å². The van der Waals surface area contributed by atoms with Gasteiger partial charge in [0.25, 0.3) is 5.69 Å². The van der Waals surface area contributed by atoms with Crippen molar-refractivity contribution in [2.75, 3.05) is 36.0 Å². The van der Waals surface area contributed by atoms with E-state index >= 15 is 0 Å². The molecule has 146 valence electrons. The average Bonchev–Trinajstić information content (AvgIpc) is 2.98. The lowest BCUT2D eigenvalue weighted by atomic mass is 10.1. The van der Waals surface area contributed by atoms with E-state index in [0.717, 1.165) is 42.8 Å². The summed E-state index contributed by atoms with van der Waals surface area (Å²) in [5.74, 6) is 0.711. The molecule has 1 aliphatic heterocycles. The number of aryl methyl sites for hydroxylation is 1. The summed E-state index contributed by atoms with van der Waals surface area (Å²) >= 11 is 0. The predicted octanol–water partition coefficient (Wildman–Crippen LogP) is 3.43. The van der Waals surface area contributed by atoms with E-state index in [9.17, 15) is 15.4 Å². The Hall–Kier alpha value is -3.73. The van der Waals surface area contributed by atoms with E-state index in [4.69, 9.17) is 0 Å². The minimum absolute atomic E-state index is 0.0241. The van der Waals surface area contributed by atoms with Crippen molar-refractivity contribution < 1.29 is 4.92 Å². The molecule has 0 N–H and O–H groups in total. The zero-order valence-electron chi connectivity index (χ0n) is 16.1. The van der Waals surface area contributed by atoms with Gasteiger partial charge in [0.05, 0.1) is 10.5 Å². The molecule has 1 fully saturated rings. The van der Waals surface area contributed by atoms with Crippen LogP contribution in [0.5, 0.6) is 0 Å². The van der Waals surface area contributed by atoms with E-state index in [1.807, 2.05) is 19.1 Å². The molecule has 0 unspecified atom stereocenters. The highest BCUT2D eigenvalue weighted by Gasteiger charge is 2.22. The molecule has 3 heterocycles. The number of rotatable bonds is 3. The van der Waals surface area contributed by atoms with Gasteiger partial charge in [0, 0.05) is 55.2 Å². The number of nitro groups is 1. The molecule has 1 aliphatic rings. The fourth-order valence-electron chi connectivity index (χ4n) is 3.86. The maximum absolute atomic E-state index is 11.4. The lowest BCUT2D eigenvalue weighted by molar-refractivity contribution is -0.383. The number of hydrogen-bond acceptors (Lipinski definition) is 7. The second kappa shape index (κ2) is 7.72. The first-order chi connectivity index (χ1) is 14.1. The second-order valence-corrected chi connectivity index (χ2v) is 7.03.